The number of nitrogens with zero attached hydrogens (tertiary/aromatic N) is 2. The first-order chi connectivity index (χ1) is 14.0. The molecule has 2 rings (SSSR count). The molecule has 0 fully saturated rings. The molecule has 1 atom stereocenters. The summed E-state index contributed by atoms with van der Waals surface area (Å²) in [5.74, 6) is 0.370. The van der Waals surface area contributed by atoms with Crippen LogP contribution in [0.25, 0.3) is 0 Å². The van der Waals surface area contributed by atoms with Crippen molar-refractivity contribution >= 4 is 23.2 Å². The average Bonchev–Trinajstić information content (AvgIpc) is 2.74. The highest BCUT2D eigenvalue weighted by atomic mass is 32.1. The van der Waals surface area contributed by atoms with Crippen molar-refractivity contribution in [2.24, 2.45) is 0 Å². The number of amides is 1. The lowest BCUT2D eigenvalue weighted by atomic mass is 10.1. The van der Waals surface area contributed by atoms with Gasteiger partial charge in [-0.1, -0.05) is 43.3 Å². The van der Waals surface area contributed by atoms with Gasteiger partial charge >= 0.3 is 0 Å². The summed E-state index contributed by atoms with van der Waals surface area (Å²) in [4.78, 5) is 14.5. The standard InChI is InChI=1S/C23H27N3O2S/c1-3-18(2)28-21-12-7-11-20(17-21)22(27)25-23(29)26(15-8-14-24)16-13-19-9-5-4-6-10-19/h4-7,9-12,17-18H,3,8,13,15-16H2,1-2H3,(H,25,27,29). The van der Waals surface area contributed by atoms with E-state index in [2.05, 4.69) is 11.4 Å². The molecule has 0 aliphatic rings. The molecule has 0 saturated carbocycles. The van der Waals surface area contributed by atoms with Gasteiger partial charge in [-0.3, -0.25) is 10.1 Å². The number of carbonyl (C=O) groups is 1. The fraction of sp³-hybridized carbons (Fsp3) is 0.348. The van der Waals surface area contributed by atoms with Crippen LogP contribution in [0.5, 0.6) is 5.75 Å². The molecule has 1 amide bonds. The summed E-state index contributed by atoms with van der Waals surface area (Å²) < 4.78 is 5.79. The number of carbonyl (C=O) groups excluding carboxylic acids is 1. The highest BCUT2D eigenvalue weighted by molar-refractivity contribution is 7.80. The summed E-state index contributed by atoms with van der Waals surface area (Å²) in [6.45, 7) is 5.13. The fourth-order valence-electron chi connectivity index (χ4n) is 2.68. The van der Waals surface area contributed by atoms with Crippen molar-refractivity contribution in [3.63, 3.8) is 0 Å². The fourth-order valence-corrected chi connectivity index (χ4v) is 2.96. The molecular formula is C23H27N3O2S. The van der Waals surface area contributed by atoms with Gasteiger partial charge in [-0.25, -0.2) is 0 Å². The van der Waals surface area contributed by atoms with Gasteiger partial charge in [0.05, 0.1) is 18.6 Å². The first-order valence-electron chi connectivity index (χ1n) is 9.81. The van der Waals surface area contributed by atoms with Crippen molar-refractivity contribution in [1.82, 2.24) is 10.2 Å². The highest BCUT2D eigenvalue weighted by Crippen LogP contribution is 2.16. The van der Waals surface area contributed by atoms with Gasteiger partial charge in [0.2, 0.25) is 0 Å². The van der Waals surface area contributed by atoms with Gasteiger partial charge in [0.25, 0.3) is 5.91 Å². The van der Waals surface area contributed by atoms with Gasteiger partial charge in [-0.15, -0.1) is 0 Å². The normalized spacial score (nSPS) is 11.2. The van der Waals surface area contributed by atoms with E-state index < -0.39 is 0 Å². The van der Waals surface area contributed by atoms with Crippen molar-refractivity contribution in [3.05, 3.63) is 65.7 Å². The van der Waals surface area contributed by atoms with E-state index in [0.29, 0.717) is 35.9 Å². The number of ether oxygens (including phenoxy) is 1. The zero-order chi connectivity index (χ0) is 21.1. The van der Waals surface area contributed by atoms with E-state index in [1.807, 2.05) is 55.1 Å². The summed E-state index contributed by atoms with van der Waals surface area (Å²) in [5.41, 5.74) is 1.66. The SMILES string of the molecule is CCC(C)Oc1cccc(C(=O)NC(=S)N(CCC#N)CCc2ccccc2)c1. The van der Waals surface area contributed by atoms with Crippen LogP contribution in [0.2, 0.25) is 0 Å². The maximum Gasteiger partial charge on any atom is 0.257 e. The van der Waals surface area contributed by atoms with Crippen LogP contribution < -0.4 is 10.1 Å². The second kappa shape index (κ2) is 11.8. The first kappa shape index (κ1) is 22.4. The van der Waals surface area contributed by atoms with E-state index in [4.69, 9.17) is 22.2 Å². The molecule has 1 unspecified atom stereocenters. The lowest BCUT2D eigenvalue weighted by Gasteiger charge is -2.24. The van der Waals surface area contributed by atoms with E-state index in [0.717, 1.165) is 12.8 Å². The van der Waals surface area contributed by atoms with E-state index >= 15 is 0 Å². The first-order valence-corrected chi connectivity index (χ1v) is 10.2. The molecule has 5 nitrogen and oxygen atoms in total. The van der Waals surface area contributed by atoms with Crippen LogP contribution in [-0.2, 0) is 6.42 Å². The molecule has 0 heterocycles. The summed E-state index contributed by atoms with van der Waals surface area (Å²) in [7, 11) is 0. The molecule has 6 heteroatoms. The van der Waals surface area contributed by atoms with Crippen LogP contribution in [0.3, 0.4) is 0 Å². The minimum absolute atomic E-state index is 0.0776. The number of rotatable bonds is 9. The number of hydrogen-bond acceptors (Lipinski definition) is 4. The summed E-state index contributed by atoms with van der Waals surface area (Å²) in [6, 6.07) is 19.3. The molecule has 0 saturated heterocycles. The molecule has 0 aliphatic heterocycles. The molecule has 2 aromatic carbocycles. The van der Waals surface area contributed by atoms with E-state index in [9.17, 15) is 4.79 Å². The van der Waals surface area contributed by atoms with Crippen LogP contribution in [0.4, 0.5) is 0 Å². The third kappa shape index (κ3) is 7.55. The molecule has 2 aromatic rings. The van der Waals surface area contributed by atoms with E-state index in [1.54, 1.807) is 18.2 Å². The lowest BCUT2D eigenvalue weighted by Crippen LogP contribution is -2.44. The Balaban J connectivity index is 2.01. The third-order valence-corrected chi connectivity index (χ3v) is 4.88. The second-order valence-electron chi connectivity index (χ2n) is 6.75. The Morgan fingerprint density at radius 2 is 1.97 bits per heavy atom. The minimum Gasteiger partial charge on any atom is -0.491 e. The van der Waals surface area contributed by atoms with Crippen LogP contribution in [0, 0.1) is 11.3 Å². The van der Waals surface area contributed by atoms with Crippen LogP contribution >= 0.6 is 12.2 Å². The molecule has 0 aliphatic carbocycles. The Hall–Kier alpha value is -2.91. The maximum atomic E-state index is 12.7. The number of benzene rings is 2. The molecule has 0 bridgehead atoms. The summed E-state index contributed by atoms with van der Waals surface area (Å²) in [6.07, 6.45) is 2.08. The summed E-state index contributed by atoms with van der Waals surface area (Å²) >= 11 is 5.46. The predicted octanol–water partition coefficient (Wildman–Crippen LogP) is 4.34. The van der Waals surface area contributed by atoms with Crippen molar-refractivity contribution in [2.75, 3.05) is 13.1 Å². The van der Waals surface area contributed by atoms with Crippen molar-refractivity contribution in [1.29, 1.82) is 5.26 Å². The van der Waals surface area contributed by atoms with Crippen LogP contribution in [-0.4, -0.2) is 35.1 Å². The van der Waals surface area contributed by atoms with Crippen molar-refractivity contribution < 1.29 is 9.53 Å². The number of hydrogen-bond donors (Lipinski definition) is 1. The van der Waals surface area contributed by atoms with Gasteiger partial charge in [-0.05, 0) is 55.7 Å². The zero-order valence-corrected chi connectivity index (χ0v) is 17.7. The molecule has 152 valence electrons. The Bertz CT molecular complexity index is 849. The Morgan fingerprint density at radius 1 is 1.21 bits per heavy atom. The van der Waals surface area contributed by atoms with Gasteiger partial charge in [0.1, 0.15) is 5.75 Å². The topological polar surface area (TPSA) is 65.4 Å². The molecular weight excluding hydrogens is 382 g/mol. The van der Waals surface area contributed by atoms with E-state index in [1.165, 1.54) is 5.56 Å². The van der Waals surface area contributed by atoms with Gasteiger partial charge in [0, 0.05) is 18.7 Å². The molecule has 29 heavy (non-hydrogen) atoms. The molecule has 0 spiro atoms. The smallest absolute Gasteiger partial charge is 0.257 e. The second-order valence-corrected chi connectivity index (χ2v) is 7.14. The number of nitriles is 1. The van der Waals surface area contributed by atoms with Crippen LogP contribution in [0.15, 0.2) is 54.6 Å². The Labute approximate surface area is 178 Å². The van der Waals surface area contributed by atoms with Gasteiger partial charge < -0.3 is 9.64 Å². The monoisotopic (exact) mass is 409 g/mol. The van der Waals surface area contributed by atoms with Crippen molar-refractivity contribution in [2.45, 2.75) is 39.2 Å². The van der Waals surface area contributed by atoms with E-state index in [-0.39, 0.29) is 12.0 Å². The lowest BCUT2D eigenvalue weighted by molar-refractivity contribution is 0.0972. The predicted molar refractivity (Wildman–Crippen MR) is 119 cm³/mol. The number of thiocarbonyl (C=S) groups is 1. The van der Waals surface area contributed by atoms with Crippen molar-refractivity contribution in [3.8, 4) is 11.8 Å². The third-order valence-electron chi connectivity index (χ3n) is 4.52. The highest BCUT2D eigenvalue weighted by Gasteiger charge is 2.15. The van der Waals surface area contributed by atoms with Gasteiger partial charge in [-0.2, -0.15) is 5.26 Å². The Morgan fingerprint density at radius 3 is 2.66 bits per heavy atom. The van der Waals surface area contributed by atoms with Gasteiger partial charge in [0.15, 0.2) is 5.11 Å². The number of nitrogens with one attached hydrogen (secondary N) is 1. The summed E-state index contributed by atoms with van der Waals surface area (Å²) in [5, 5.41) is 12.1. The molecule has 1 N–H and O–H groups in total. The maximum absolute atomic E-state index is 12.7. The Kier molecular flexibility index (Phi) is 9.13. The molecule has 0 radical (unpaired) electrons. The quantitative estimate of drug-likeness (QED) is 0.624. The average molecular weight is 410 g/mol. The zero-order valence-electron chi connectivity index (χ0n) is 16.9. The molecule has 0 aromatic heterocycles. The minimum atomic E-state index is -0.286. The van der Waals surface area contributed by atoms with Crippen LogP contribution in [0.1, 0.15) is 42.6 Å². The largest absolute Gasteiger partial charge is 0.491 e.